The third-order valence-corrected chi connectivity index (χ3v) is 4.41. The van der Waals surface area contributed by atoms with E-state index < -0.39 is 0 Å². The van der Waals surface area contributed by atoms with Gasteiger partial charge in [0.05, 0.1) is 32.9 Å². The van der Waals surface area contributed by atoms with E-state index in [0.717, 1.165) is 11.1 Å². The number of fused-ring (bicyclic) bond motifs is 1. The molecule has 1 atom stereocenters. The molecule has 5 nitrogen and oxygen atoms in total. The van der Waals surface area contributed by atoms with Gasteiger partial charge in [0.15, 0.2) is 0 Å². The number of benzene rings is 2. The zero-order valence-corrected chi connectivity index (χ0v) is 14.6. The molecule has 0 aliphatic carbocycles. The Balaban J connectivity index is 2.26. The van der Waals surface area contributed by atoms with Crippen molar-refractivity contribution in [3.05, 3.63) is 65.7 Å². The van der Waals surface area contributed by atoms with E-state index in [1.807, 2.05) is 24.3 Å². The zero-order chi connectivity index (χ0) is 18.0. The first-order chi connectivity index (χ1) is 12.2. The number of hydrogen-bond donors (Lipinski definition) is 0. The molecule has 2 aromatic carbocycles. The van der Waals surface area contributed by atoms with Gasteiger partial charge in [-0.15, -0.1) is 6.58 Å². The Bertz CT molecular complexity index is 790. The summed E-state index contributed by atoms with van der Waals surface area (Å²) in [5, 5.41) is 0. The highest BCUT2D eigenvalue weighted by Crippen LogP contribution is 2.47. The largest absolute Gasteiger partial charge is 0.496 e. The molecule has 0 radical (unpaired) electrons. The Morgan fingerprint density at radius 3 is 2.28 bits per heavy atom. The fourth-order valence-electron chi connectivity index (χ4n) is 3.31. The summed E-state index contributed by atoms with van der Waals surface area (Å²) in [4.78, 5) is 14.6. The van der Waals surface area contributed by atoms with Gasteiger partial charge in [0.25, 0.3) is 5.91 Å². The molecule has 0 N–H and O–H groups in total. The first-order valence-electron chi connectivity index (χ1n) is 7.97. The lowest BCUT2D eigenvalue weighted by molar-refractivity contribution is 0.0768. The average Bonchev–Trinajstić information content (AvgIpc) is 2.93. The topological polar surface area (TPSA) is 48.0 Å². The van der Waals surface area contributed by atoms with Crippen molar-refractivity contribution in [3.63, 3.8) is 0 Å². The molecule has 3 rings (SSSR count). The fourth-order valence-corrected chi connectivity index (χ4v) is 3.31. The number of methoxy groups -OCH3 is 3. The molecule has 2 aromatic rings. The number of ether oxygens (including phenoxy) is 3. The first kappa shape index (κ1) is 16.9. The summed E-state index contributed by atoms with van der Waals surface area (Å²) >= 11 is 0. The Morgan fingerprint density at radius 2 is 1.72 bits per heavy atom. The number of nitrogens with zero attached hydrogens (tertiary/aromatic N) is 1. The Labute approximate surface area is 147 Å². The van der Waals surface area contributed by atoms with Crippen LogP contribution in [0.1, 0.15) is 27.5 Å². The minimum absolute atomic E-state index is 0.0274. The van der Waals surface area contributed by atoms with E-state index in [2.05, 4.69) is 6.58 Å². The average molecular weight is 339 g/mol. The monoisotopic (exact) mass is 339 g/mol. The predicted octanol–water partition coefficient (Wildman–Crippen LogP) is 3.44. The lowest BCUT2D eigenvalue weighted by Gasteiger charge is -2.27. The van der Waals surface area contributed by atoms with Crippen LogP contribution in [0.5, 0.6) is 17.2 Å². The van der Waals surface area contributed by atoms with Gasteiger partial charge < -0.3 is 19.1 Å². The van der Waals surface area contributed by atoms with Crippen LogP contribution in [0.15, 0.2) is 49.1 Å². The van der Waals surface area contributed by atoms with Crippen molar-refractivity contribution in [2.24, 2.45) is 0 Å². The van der Waals surface area contributed by atoms with Crippen LogP contribution in [0.25, 0.3) is 0 Å². The van der Waals surface area contributed by atoms with E-state index in [1.165, 1.54) is 0 Å². The first-order valence-corrected chi connectivity index (χ1v) is 7.97. The molecule has 1 unspecified atom stereocenters. The van der Waals surface area contributed by atoms with Gasteiger partial charge in [0, 0.05) is 24.2 Å². The van der Waals surface area contributed by atoms with Gasteiger partial charge in [-0.2, -0.15) is 0 Å². The Hall–Kier alpha value is -2.95. The lowest BCUT2D eigenvalue weighted by atomic mass is 9.96. The van der Waals surface area contributed by atoms with Crippen LogP contribution in [-0.2, 0) is 0 Å². The van der Waals surface area contributed by atoms with Crippen molar-refractivity contribution < 1.29 is 19.0 Å². The molecule has 1 aliphatic rings. The van der Waals surface area contributed by atoms with Crippen LogP contribution in [0.3, 0.4) is 0 Å². The van der Waals surface area contributed by atoms with E-state index >= 15 is 0 Å². The van der Waals surface area contributed by atoms with Crippen molar-refractivity contribution >= 4 is 5.91 Å². The summed E-state index contributed by atoms with van der Waals surface area (Å²) in [6.45, 7) is 4.21. The summed E-state index contributed by atoms with van der Waals surface area (Å²) in [5.74, 6) is 1.82. The highest BCUT2D eigenvalue weighted by Gasteiger charge is 2.40. The summed E-state index contributed by atoms with van der Waals surface area (Å²) in [6.07, 6.45) is 1.72. The highest BCUT2D eigenvalue weighted by atomic mass is 16.5. The molecule has 0 spiro atoms. The maximum absolute atomic E-state index is 12.9. The Morgan fingerprint density at radius 1 is 1.08 bits per heavy atom. The molecule has 1 heterocycles. The van der Waals surface area contributed by atoms with Crippen LogP contribution in [0.2, 0.25) is 0 Å². The third kappa shape index (κ3) is 2.71. The van der Waals surface area contributed by atoms with Crippen molar-refractivity contribution in [2.45, 2.75) is 6.04 Å². The molecule has 0 saturated carbocycles. The van der Waals surface area contributed by atoms with Gasteiger partial charge in [-0.25, -0.2) is 0 Å². The minimum Gasteiger partial charge on any atom is -0.496 e. The van der Waals surface area contributed by atoms with Gasteiger partial charge in [-0.3, -0.25) is 4.79 Å². The van der Waals surface area contributed by atoms with E-state index in [4.69, 9.17) is 14.2 Å². The molecule has 0 fully saturated rings. The van der Waals surface area contributed by atoms with E-state index in [0.29, 0.717) is 29.4 Å². The smallest absolute Gasteiger partial charge is 0.255 e. The van der Waals surface area contributed by atoms with Crippen LogP contribution in [0, 0.1) is 0 Å². The van der Waals surface area contributed by atoms with Gasteiger partial charge in [-0.1, -0.05) is 24.3 Å². The lowest BCUT2D eigenvalue weighted by Crippen LogP contribution is -2.29. The van der Waals surface area contributed by atoms with Crippen molar-refractivity contribution in [2.75, 3.05) is 27.9 Å². The summed E-state index contributed by atoms with van der Waals surface area (Å²) in [6, 6.07) is 10.9. The van der Waals surface area contributed by atoms with Crippen LogP contribution in [-0.4, -0.2) is 38.7 Å². The van der Waals surface area contributed by atoms with Crippen LogP contribution >= 0.6 is 0 Å². The maximum Gasteiger partial charge on any atom is 0.255 e. The van der Waals surface area contributed by atoms with Crippen LogP contribution < -0.4 is 14.2 Å². The molecule has 1 aliphatic heterocycles. The number of carbonyl (C=O) groups is 1. The van der Waals surface area contributed by atoms with Crippen LogP contribution in [0.4, 0.5) is 0 Å². The van der Waals surface area contributed by atoms with Gasteiger partial charge >= 0.3 is 0 Å². The van der Waals surface area contributed by atoms with E-state index in [9.17, 15) is 4.79 Å². The number of amides is 1. The van der Waals surface area contributed by atoms with E-state index in [-0.39, 0.29) is 11.9 Å². The second-order valence-electron chi connectivity index (χ2n) is 5.68. The quantitative estimate of drug-likeness (QED) is 0.757. The standard InChI is InChI=1S/C20H21NO4/c1-5-10-21-19(14-8-6-7-9-15(14)20(21)22)18-16(24-3)11-13(23-2)12-17(18)25-4/h5-9,11-12,19H,1,10H2,2-4H3. The van der Waals surface area contributed by atoms with Gasteiger partial charge in [-0.05, 0) is 11.6 Å². The molecule has 0 saturated heterocycles. The van der Waals surface area contributed by atoms with Gasteiger partial charge in [0.1, 0.15) is 17.2 Å². The molecule has 0 bridgehead atoms. The van der Waals surface area contributed by atoms with E-state index in [1.54, 1.807) is 44.4 Å². The molecule has 0 aromatic heterocycles. The molecule has 1 amide bonds. The number of carbonyl (C=O) groups excluding carboxylic acids is 1. The SMILES string of the molecule is C=CCN1C(=O)c2ccccc2C1c1c(OC)cc(OC)cc1OC. The second-order valence-corrected chi connectivity index (χ2v) is 5.68. The fraction of sp³-hybridized carbons (Fsp3) is 0.250. The molecular weight excluding hydrogens is 318 g/mol. The normalized spacial score (nSPS) is 15.7. The van der Waals surface area contributed by atoms with Crippen molar-refractivity contribution in [3.8, 4) is 17.2 Å². The summed E-state index contributed by atoms with van der Waals surface area (Å²) < 4.78 is 16.5. The molecule has 5 heteroatoms. The van der Waals surface area contributed by atoms with Crippen molar-refractivity contribution in [1.29, 1.82) is 0 Å². The zero-order valence-electron chi connectivity index (χ0n) is 14.6. The minimum atomic E-state index is -0.308. The maximum atomic E-state index is 12.9. The molecule has 130 valence electrons. The van der Waals surface area contributed by atoms with Crippen molar-refractivity contribution in [1.82, 2.24) is 4.90 Å². The third-order valence-electron chi connectivity index (χ3n) is 4.41. The summed E-state index contributed by atoms with van der Waals surface area (Å²) in [5.41, 5.74) is 2.41. The highest BCUT2D eigenvalue weighted by molar-refractivity contribution is 6.00. The molecule has 25 heavy (non-hydrogen) atoms. The summed E-state index contributed by atoms with van der Waals surface area (Å²) in [7, 11) is 4.78. The Kier molecular flexibility index (Phi) is 4.65. The second kappa shape index (κ2) is 6.89. The predicted molar refractivity (Wildman–Crippen MR) is 95.6 cm³/mol. The number of hydrogen-bond acceptors (Lipinski definition) is 4. The number of rotatable bonds is 6. The van der Waals surface area contributed by atoms with Gasteiger partial charge in [0.2, 0.25) is 0 Å². The molecular formula is C20H21NO4.